The molecule has 0 saturated heterocycles. The molecule has 0 aliphatic heterocycles. The van der Waals surface area contributed by atoms with Crippen molar-refractivity contribution in [2.75, 3.05) is 5.73 Å². The molecule has 4 heteroatoms. The maximum Gasteiger partial charge on any atom is 0.112 e. The number of hydrogen-bond donors (Lipinski definition) is 2. The van der Waals surface area contributed by atoms with E-state index in [4.69, 9.17) is 10.9 Å². The summed E-state index contributed by atoms with van der Waals surface area (Å²) in [5.41, 5.74) is 6.86. The van der Waals surface area contributed by atoms with Crippen molar-refractivity contribution in [1.29, 1.82) is 0 Å². The van der Waals surface area contributed by atoms with Crippen molar-refractivity contribution < 1.29 is 5.21 Å². The molecule has 1 aromatic carbocycles. The van der Waals surface area contributed by atoms with Crippen LogP contribution in [0.25, 0.3) is 10.9 Å². The lowest BCUT2D eigenvalue weighted by molar-refractivity contribution is 0.161. The van der Waals surface area contributed by atoms with Gasteiger partial charge in [-0.2, -0.15) is 0 Å². The van der Waals surface area contributed by atoms with Gasteiger partial charge in [0.25, 0.3) is 0 Å². The van der Waals surface area contributed by atoms with E-state index >= 15 is 0 Å². The molecule has 0 spiro atoms. The minimum Gasteiger partial charge on any atom is -0.411 e. The van der Waals surface area contributed by atoms with Gasteiger partial charge in [0.15, 0.2) is 0 Å². The fourth-order valence-electron chi connectivity index (χ4n) is 1.06. The van der Waals surface area contributed by atoms with E-state index in [1.807, 2.05) is 0 Å². The molecule has 11 heavy (non-hydrogen) atoms. The number of anilines is 1. The molecule has 0 atom stereocenters. The zero-order valence-corrected chi connectivity index (χ0v) is 5.73. The lowest BCUT2D eigenvalue weighted by atomic mass is 10.2. The first-order valence-electron chi connectivity index (χ1n) is 3.20. The second-order valence-corrected chi connectivity index (χ2v) is 2.31. The van der Waals surface area contributed by atoms with Crippen molar-refractivity contribution in [3.05, 3.63) is 24.4 Å². The molecule has 0 radical (unpaired) electrons. The molecule has 0 unspecified atom stereocenters. The van der Waals surface area contributed by atoms with Gasteiger partial charge in [-0.3, -0.25) is 0 Å². The molecule has 2 aromatic rings. The van der Waals surface area contributed by atoms with Crippen LogP contribution >= 0.6 is 0 Å². The summed E-state index contributed by atoms with van der Waals surface area (Å²) in [5.74, 6) is 0. The van der Waals surface area contributed by atoms with Gasteiger partial charge < -0.3 is 10.9 Å². The molecule has 2 rings (SSSR count). The van der Waals surface area contributed by atoms with E-state index in [1.54, 1.807) is 18.2 Å². The number of nitrogen functional groups attached to an aromatic ring is 1. The molecule has 4 nitrogen and oxygen atoms in total. The average Bonchev–Trinajstić information content (AvgIpc) is 2.35. The van der Waals surface area contributed by atoms with Gasteiger partial charge >= 0.3 is 0 Å². The second-order valence-electron chi connectivity index (χ2n) is 2.31. The summed E-state index contributed by atoms with van der Waals surface area (Å²) in [7, 11) is 0. The van der Waals surface area contributed by atoms with Gasteiger partial charge in [0.1, 0.15) is 5.52 Å². The maximum atomic E-state index is 9.09. The van der Waals surface area contributed by atoms with E-state index in [0.717, 1.165) is 10.2 Å². The topological polar surface area (TPSA) is 64.1 Å². The first kappa shape index (κ1) is 6.03. The molecule has 3 N–H and O–H groups in total. The quantitative estimate of drug-likeness (QED) is 0.431. The summed E-state index contributed by atoms with van der Waals surface area (Å²) in [6.45, 7) is 0. The largest absolute Gasteiger partial charge is 0.411 e. The summed E-state index contributed by atoms with van der Waals surface area (Å²) in [4.78, 5) is 0.811. The van der Waals surface area contributed by atoms with Gasteiger partial charge in [0.05, 0.1) is 6.20 Å². The highest BCUT2D eigenvalue weighted by Crippen LogP contribution is 2.18. The molecule has 0 aliphatic carbocycles. The van der Waals surface area contributed by atoms with E-state index in [2.05, 4.69) is 5.10 Å². The number of benzene rings is 1. The van der Waals surface area contributed by atoms with Gasteiger partial charge in [-0.25, -0.2) is 0 Å². The highest BCUT2D eigenvalue weighted by molar-refractivity contribution is 5.89. The molecule has 56 valence electrons. The zero-order chi connectivity index (χ0) is 7.84. The van der Waals surface area contributed by atoms with Crippen molar-refractivity contribution in [1.82, 2.24) is 9.94 Å². The average molecular weight is 149 g/mol. The summed E-state index contributed by atoms with van der Waals surface area (Å²) in [5, 5.41) is 13.5. The Morgan fingerprint density at radius 2 is 2.27 bits per heavy atom. The molecule has 0 saturated carbocycles. The molecule has 0 amide bonds. The Labute approximate surface area is 62.8 Å². The zero-order valence-electron chi connectivity index (χ0n) is 5.73. The third-order valence-electron chi connectivity index (χ3n) is 1.63. The maximum absolute atomic E-state index is 9.09. The molecule has 0 fully saturated rings. The van der Waals surface area contributed by atoms with Gasteiger partial charge in [-0.15, -0.1) is 9.94 Å². The van der Waals surface area contributed by atoms with Crippen LogP contribution in [0.2, 0.25) is 0 Å². The second kappa shape index (κ2) is 1.88. The first-order chi connectivity index (χ1) is 5.29. The van der Waals surface area contributed by atoms with Crippen molar-refractivity contribution in [3.8, 4) is 0 Å². The number of fused-ring (bicyclic) bond motifs is 1. The van der Waals surface area contributed by atoms with Gasteiger partial charge in [0.2, 0.25) is 0 Å². The van der Waals surface area contributed by atoms with Gasteiger partial charge in [0, 0.05) is 11.1 Å². The molecular formula is C7H7N3O. The fraction of sp³-hybridized carbons (Fsp3) is 0. The van der Waals surface area contributed by atoms with E-state index in [0.29, 0.717) is 11.2 Å². The Morgan fingerprint density at radius 1 is 1.45 bits per heavy atom. The van der Waals surface area contributed by atoms with E-state index < -0.39 is 0 Å². The Morgan fingerprint density at radius 3 is 3.00 bits per heavy atom. The highest BCUT2D eigenvalue weighted by atomic mass is 16.5. The minimum atomic E-state index is 0.628. The Hall–Kier alpha value is -1.71. The van der Waals surface area contributed by atoms with Crippen LogP contribution in [-0.4, -0.2) is 15.2 Å². The van der Waals surface area contributed by atoms with E-state index in [9.17, 15) is 0 Å². The van der Waals surface area contributed by atoms with Crippen LogP contribution in [0, 0.1) is 0 Å². The van der Waals surface area contributed by atoms with Crippen LogP contribution in [0.3, 0.4) is 0 Å². The number of aromatic nitrogens is 2. The third-order valence-corrected chi connectivity index (χ3v) is 1.63. The van der Waals surface area contributed by atoms with Crippen LogP contribution in [0.5, 0.6) is 0 Å². The molecule has 0 bridgehead atoms. The van der Waals surface area contributed by atoms with E-state index in [1.165, 1.54) is 6.20 Å². The van der Waals surface area contributed by atoms with Crippen molar-refractivity contribution in [3.63, 3.8) is 0 Å². The van der Waals surface area contributed by atoms with E-state index in [-0.39, 0.29) is 0 Å². The Balaban J connectivity index is 2.94. The number of rotatable bonds is 0. The Kier molecular flexibility index (Phi) is 1.03. The lowest BCUT2D eigenvalue weighted by Crippen LogP contribution is -1.91. The molecular weight excluding hydrogens is 142 g/mol. The summed E-state index contributed by atoms with van der Waals surface area (Å²) >= 11 is 0. The third kappa shape index (κ3) is 0.724. The van der Waals surface area contributed by atoms with Crippen LogP contribution in [-0.2, 0) is 0 Å². The molecule has 1 heterocycles. The number of hydrogen-bond acceptors (Lipinski definition) is 3. The molecule has 0 aliphatic rings. The lowest BCUT2D eigenvalue weighted by Gasteiger charge is -1.93. The van der Waals surface area contributed by atoms with Crippen molar-refractivity contribution in [2.24, 2.45) is 0 Å². The van der Waals surface area contributed by atoms with Gasteiger partial charge in [-0.1, -0.05) is 6.07 Å². The van der Waals surface area contributed by atoms with Gasteiger partial charge in [-0.05, 0) is 12.1 Å². The SMILES string of the molecule is Nc1cccc2c1cnn2O. The summed E-state index contributed by atoms with van der Waals surface area (Å²) < 4.78 is 0. The van der Waals surface area contributed by atoms with Crippen LogP contribution in [0.15, 0.2) is 24.4 Å². The summed E-state index contributed by atoms with van der Waals surface area (Å²) in [6.07, 6.45) is 1.53. The minimum absolute atomic E-state index is 0.628. The van der Waals surface area contributed by atoms with Crippen LogP contribution in [0.1, 0.15) is 0 Å². The van der Waals surface area contributed by atoms with Crippen molar-refractivity contribution in [2.45, 2.75) is 0 Å². The first-order valence-corrected chi connectivity index (χ1v) is 3.20. The monoisotopic (exact) mass is 149 g/mol. The predicted molar refractivity (Wildman–Crippen MR) is 41.3 cm³/mol. The standard InChI is InChI=1S/C7H7N3O/c8-6-2-1-3-7-5(6)4-9-10(7)11/h1-4,11H,8H2. The van der Waals surface area contributed by atoms with Crippen LogP contribution in [0.4, 0.5) is 5.69 Å². The number of nitrogens with two attached hydrogens (primary N) is 1. The highest BCUT2D eigenvalue weighted by Gasteiger charge is 2.01. The van der Waals surface area contributed by atoms with Crippen molar-refractivity contribution >= 4 is 16.6 Å². The number of nitrogens with zero attached hydrogens (tertiary/aromatic N) is 2. The Bertz CT molecular complexity index is 393. The van der Waals surface area contributed by atoms with Crippen LogP contribution < -0.4 is 5.73 Å². The molecule has 1 aromatic heterocycles. The normalized spacial score (nSPS) is 10.5. The smallest absolute Gasteiger partial charge is 0.112 e. The fourth-order valence-corrected chi connectivity index (χ4v) is 1.06. The summed E-state index contributed by atoms with van der Waals surface area (Å²) in [6, 6.07) is 5.29. The predicted octanol–water partition coefficient (Wildman–Crippen LogP) is 0.856.